The average molecular weight is 288 g/mol. The molecule has 1 amide bonds. The van der Waals surface area contributed by atoms with Gasteiger partial charge in [-0.1, -0.05) is 6.07 Å². The van der Waals surface area contributed by atoms with Crippen LogP contribution in [-0.2, 0) is 6.54 Å². The zero-order valence-corrected chi connectivity index (χ0v) is 12.2. The molecule has 1 heterocycles. The molecule has 0 saturated heterocycles. The lowest BCUT2D eigenvalue weighted by Crippen LogP contribution is -2.17. The van der Waals surface area contributed by atoms with Crippen LogP contribution < -0.4 is 5.43 Å². The van der Waals surface area contributed by atoms with E-state index in [1.807, 2.05) is 19.9 Å². The van der Waals surface area contributed by atoms with Crippen LogP contribution in [0.1, 0.15) is 34.0 Å². The van der Waals surface area contributed by atoms with Gasteiger partial charge in [-0.25, -0.2) is 10.1 Å². The lowest BCUT2D eigenvalue weighted by Gasteiger charge is -2.03. The Hall–Kier alpha value is -2.50. The van der Waals surface area contributed by atoms with E-state index in [2.05, 4.69) is 15.6 Å². The Morgan fingerprint density at radius 3 is 2.81 bits per heavy atom. The lowest BCUT2D eigenvalue weighted by molar-refractivity contribution is 0.0955. The fraction of sp³-hybridized carbons (Fsp3) is 0.267. The Bertz CT molecular complexity index is 691. The van der Waals surface area contributed by atoms with Gasteiger partial charge < -0.3 is 0 Å². The summed E-state index contributed by atoms with van der Waals surface area (Å²) in [7, 11) is 0. The molecule has 2 aromatic rings. The maximum atomic E-state index is 13.7. The number of hydrogen-bond donors (Lipinski definition) is 1. The third-order valence-corrected chi connectivity index (χ3v) is 3.24. The number of nitrogens with zero attached hydrogens (tertiary/aromatic N) is 3. The number of amides is 1. The molecule has 0 aliphatic rings. The van der Waals surface area contributed by atoms with E-state index in [1.165, 1.54) is 17.1 Å². The van der Waals surface area contributed by atoms with Gasteiger partial charge in [0, 0.05) is 12.1 Å². The summed E-state index contributed by atoms with van der Waals surface area (Å²) >= 11 is 0. The molecule has 0 atom stereocenters. The van der Waals surface area contributed by atoms with E-state index in [9.17, 15) is 9.18 Å². The van der Waals surface area contributed by atoms with Gasteiger partial charge in [0.15, 0.2) is 0 Å². The van der Waals surface area contributed by atoms with E-state index in [0.717, 1.165) is 11.1 Å². The Kier molecular flexibility index (Phi) is 4.47. The number of carbonyl (C=O) groups is 1. The van der Waals surface area contributed by atoms with Crippen molar-refractivity contribution >= 4 is 12.1 Å². The van der Waals surface area contributed by atoms with E-state index < -0.39 is 5.95 Å². The van der Waals surface area contributed by atoms with Crippen molar-refractivity contribution in [2.45, 2.75) is 27.3 Å². The molecule has 0 fully saturated rings. The summed E-state index contributed by atoms with van der Waals surface area (Å²) in [6.07, 6.45) is 2.61. The quantitative estimate of drug-likeness (QED) is 0.694. The molecule has 6 heteroatoms. The van der Waals surface area contributed by atoms with Crippen molar-refractivity contribution < 1.29 is 9.18 Å². The van der Waals surface area contributed by atoms with Crippen LogP contribution in [0.3, 0.4) is 0 Å². The minimum Gasteiger partial charge on any atom is -0.267 e. The van der Waals surface area contributed by atoms with Crippen molar-refractivity contribution in [2.75, 3.05) is 0 Å². The molecule has 2 rings (SSSR count). The molecule has 110 valence electrons. The van der Waals surface area contributed by atoms with E-state index in [4.69, 9.17) is 0 Å². The van der Waals surface area contributed by atoms with Crippen LogP contribution in [0.2, 0.25) is 0 Å². The molecular weight excluding hydrogens is 271 g/mol. The fourth-order valence-electron chi connectivity index (χ4n) is 1.80. The first-order valence-corrected chi connectivity index (χ1v) is 6.65. The third-order valence-electron chi connectivity index (χ3n) is 3.24. The number of rotatable bonds is 4. The highest BCUT2D eigenvalue weighted by Crippen LogP contribution is 2.09. The zero-order chi connectivity index (χ0) is 15.4. The number of benzene rings is 1. The molecule has 0 bridgehead atoms. The molecule has 0 spiro atoms. The standard InChI is InChI=1S/C15H17FN4O/c1-4-20-14(16)13(9-18-20)8-17-19-15(21)12-6-5-10(2)11(3)7-12/h5-9H,4H2,1-3H3,(H,19,21). The van der Waals surface area contributed by atoms with Crippen molar-refractivity contribution in [3.8, 4) is 0 Å². The number of nitrogens with one attached hydrogen (secondary N) is 1. The largest absolute Gasteiger partial charge is 0.271 e. The monoisotopic (exact) mass is 288 g/mol. The Morgan fingerprint density at radius 1 is 1.43 bits per heavy atom. The molecule has 5 nitrogen and oxygen atoms in total. The van der Waals surface area contributed by atoms with E-state index in [-0.39, 0.29) is 11.5 Å². The molecular formula is C15H17FN4O. The van der Waals surface area contributed by atoms with Crippen molar-refractivity contribution in [2.24, 2.45) is 5.10 Å². The number of hydrazone groups is 1. The maximum absolute atomic E-state index is 13.7. The summed E-state index contributed by atoms with van der Waals surface area (Å²) in [5, 5.41) is 7.61. The van der Waals surface area contributed by atoms with Gasteiger partial charge in [-0.3, -0.25) is 4.79 Å². The summed E-state index contributed by atoms with van der Waals surface area (Å²) in [6.45, 7) is 6.14. The second kappa shape index (κ2) is 6.30. The highest BCUT2D eigenvalue weighted by atomic mass is 19.1. The Balaban J connectivity index is 2.04. The first-order valence-electron chi connectivity index (χ1n) is 6.65. The van der Waals surface area contributed by atoms with Crippen molar-refractivity contribution in [3.05, 3.63) is 52.6 Å². The van der Waals surface area contributed by atoms with Crippen LogP contribution in [0.4, 0.5) is 4.39 Å². The van der Waals surface area contributed by atoms with Crippen molar-refractivity contribution in [3.63, 3.8) is 0 Å². The number of hydrogen-bond acceptors (Lipinski definition) is 3. The molecule has 0 aliphatic heterocycles. The van der Waals surface area contributed by atoms with Crippen LogP contribution in [0.25, 0.3) is 0 Å². The first kappa shape index (κ1) is 14.9. The first-order chi connectivity index (χ1) is 10.0. The smallest absolute Gasteiger partial charge is 0.267 e. The zero-order valence-electron chi connectivity index (χ0n) is 12.2. The van der Waals surface area contributed by atoms with Crippen LogP contribution in [0.15, 0.2) is 29.5 Å². The second-order valence-corrected chi connectivity index (χ2v) is 4.70. The Labute approximate surface area is 122 Å². The topological polar surface area (TPSA) is 59.3 Å². The van der Waals surface area contributed by atoms with Crippen LogP contribution in [0.5, 0.6) is 0 Å². The molecule has 1 N–H and O–H groups in total. The number of carbonyl (C=O) groups excluding carboxylic acids is 1. The molecule has 0 unspecified atom stereocenters. The normalized spacial score (nSPS) is 11.0. The van der Waals surface area contributed by atoms with Gasteiger partial charge in [-0.05, 0) is 44.0 Å². The number of aryl methyl sites for hydroxylation is 3. The highest BCUT2D eigenvalue weighted by Gasteiger charge is 2.08. The van der Waals surface area contributed by atoms with Crippen LogP contribution in [0, 0.1) is 19.8 Å². The second-order valence-electron chi connectivity index (χ2n) is 4.70. The van der Waals surface area contributed by atoms with E-state index in [1.54, 1.807) is 19.1 Å². The lowest BCUT2D eigenvalue weighted by atomic mass is 10.1. The molecule has 0 aliphatic carbocycles. The maximum Gasteiger partial charge on any atom is 0.271 e. The van der Waals surface area contributed by atoms with Crippen molar-refractivity contribution in [1.82, 2.24) is 15.2 Å². The van der Waals surface area contributed by atoms with Gasteiger partial charge in [0.05, 0.1) is 18.0 Å². The summed E-state index contributed by atoms with van der Waals surface area (Å²) in [4.78, 5) is 11.9. The SMILES string of the molecule is CCn1ncc(C=NNC(=O)c2ccc(C)c(C)c2)c1F. The minimum absolute atomic E-state index is 0.234. The summed E-state index contributed by atoms with van der Waals surface area (Å²) < 4.78 is 14.9. The highest BCUT2D eigenvalue weighted by molar-refractivity contribution is 5.95. The van der Waals surface area contributed by atoms with Gasteiger partial charge >= 0.3 is 0 Å². The van der Waals surface area contributed by atoms with Gasteiger partial charge in [0.1, 0.15) is 0 Å². The Morgan fingerprint density at radius 2 is 2.19 bits per heavy atom. The number of halogens is 1. The van der Waals surface area contributed by atoms with E-state index >= 15 is 0 Å². The minimum atomic E-state index is -0.471. The van der Waals surface area contributed by atoms with Gasteiger partial charge in [0.25, 0.3) is 5.91 Å². The van der Waals surface area contributed by atoms with Crippen molar-refractivity contribution in [1.29, 1.82) is 0 Å². The molecule has 21 heavy (non-hydrogen) atoms. The van der Waals surface area contributed by atoms with Crippen LogP contribution in [-0.4, -0.2) is 21.9 Å². The molecule has 1 aromatic carbocycles. The average Bonchev–Trinajstić information content (AvgIpc) is 2.82. The summed E-state index contributed by atoms with van der Waals surface area (Å²) in [5.41, 5.74) is 5.27. The molecule has 1 aromatic heterocycles. The number of aromatic nitrogens is 2. The molecule has 0 saturated carbocycles. The van der Waals surface area contributed by atoms with Crippen LogP contribution >= 0.6 is 0 Å². The van der Waals surface area contributed by atoms with E-state index in [0.29, 0.717) is 12.1 Å². The van der Waals surface area contributed by atoms with Gasteiger partial charge in [-0.2, -0.15) is 14.6 Å². The predicted molar refractivity (Wildman–Crippen MR) is 78.8 cm³/mol. The predicted octanol–water partition coefficient (Wildman–Crippen LogP) is 2.42. The fourth-order valence-corrected chi connectivity index (χ4v) is 1.80. The van der Waals surface area contributed by atoms with Gasteiger partial charge in [-0.15, -0.1) is 0 Å². The van der Waals surface area contributed by atoms with Gasteiger partial charge in [0.2, 0.25) is 5.95 Å². The summed E-state index contributed by atoms with van der Waals surface area (Å²) in [6, 6.07) is 5.39. The summed E-state index contributed by atoms with van der Waals surface area (Å²) in [5.74, 6) is -0.806. The molecule has 0 radical (unpaired) electrons. The third kappa shape index (κ3) is 3.34.